The molecule has 0 saturated carbocycles. The van der Waals surface area contributed by atoms with Gasteiger partial charge in [0.25, 0.3) is 17.7 Å². The number of fused-ring (bicyclic) bond motifs is 3. The van der Waals surface area contributed by atoms with Crippen LogP contribution in [0.3, 0.4) is 0 Å². The van der Waals surface area contributed by atoms with Crippen molar-refractivity contribution in [2.24, 2.45) is 11.7 Å². The van der Waals surface area contributed by atoms with Gasteiger partial charge < -0.3 is 26.0 Å². The second-order valence-corrected chi connectivity index (χ2v) is 14.8. The summed E-state index contributed by atoms with van der Waals surface area (Å²) < 4.78 is 7.67. The van der Waals surface area contributed by atoms with Gasteiger partial charge in [-0.1, -0.05) is 18.2 Å². The Morgan fingerprint density at radius 3 is 2.26 bits per heavy atom. The quantitative estimate of drug-likeness (QED) is 0.156. The molecule has 5 aromatic rings. The number of primary amides is 1. The first-order chi connectivity index (χ1) is 28.1. The van der Waals surface area contributed by atoms with Crippen LogP contribution in [-0.2, 0) is 27.3 Å². The number of imide groups is 2. The number of hydrogen-bond acceptors (Lipinski definition) is 10. The number of carbonyl (C=O) groups excluding carboxylic acids is 6. The Hall–Kier alpha value is -7.29. The minimum Gasteiger partial charge on any atom is -0.457 e. The normalized spacial score (nSPS) is 17.8. The lowest BCUT2D eigenvalue weighted by Gasteiger charge is -2.33. The van der Waals surface area contributed by atoms with Crippen molar-refractivity contribution in [3.63, 3.8) is 0 Å². The highest BCUT2D eigenvalue weighted by molar-refractivity contribution is 6.23. The number of piperidine rings is 2. The van der Waals surface area contributed by atoms with Crippen molar-refractivity contribution in [2.45, 2.75) is 44.7 Å². The number of rotatable bonds is 8. The molecule has 0 spiro atoms. The number of anilines is 4. The zero-order valence-corrected chi connectivity index (χ0v) is 31.2. The van der Waals surface area contributed by atoms with Gasteiger partial charge >= 0.3 is 0 Å². The Labute approximate surface area is 332 Å². The molecule has 1 aromatic heterocycles. The summed E-state index contributed by atoms with van der Waals surface area (Å²) >= 11 is 0. The van der Waals surface area contributed by atoms with E-state index >= 15 is 0 Å². The molecular formula is C43H38N8O7. The molecule has 4 aliphatic heterocycles. The predicted molar refractivity (Wildman–Crippen MR) is 213 cm³/mol. The number of aryl methyl sites for hydroxylation is 2. The maximum atomic E-state index is 13.5. The number of para-hydroxylation sites is 1. The average molecular weight is 779 g/mol. The number of carbonyl (C=O) groups is 6. The van der Waals surface area contributed by atoms with Crippen LogP contribution in [0.1, 0.15) is 62.3 Å². The minimum absolute atomic E-state index is 0.0537. The van der Waals surface area contributed by atoms with E-state index in [9.17, 15) is 28.8 Å². The third-order valence-electron chi connectivity index (χ3n) is 11.2. The lowest BCUT2D eigenvalue weighted by Crippen LogP contribution is -2.54. The fourth-order valence-corrected chi connectivity index (χ4v) is 8.15. The van der Waals surface area contributed by atoms with Gasteiger partial charge in [0.05, 0.1) is 11.1 Å². The molecule has 2 fully saturated rings. The maximum absolute atomic E-state index is 13.5. The number of nitrogens with two attached hydrogens (primary N) is 1. The van der Waals surface area contributed by atoms with Crippen molar-refractivity contribution in [2.75, 3.05) is 28.6 Å². The topological polar surface area (TPSA) is 198 Å². The van der Waals surface area contributed by atoms with Crippen molar-refractivity contribution < 1.29 is 33.5 Å². The van der Waals surface area contributed by atoms with E-state index in [2.05, 4.69) is 20.9 Å². The molecule has 0 bridgehead atoms. The lowest BCUT2D eigenvalue weighted by atomic mass is 9.95. The zero-order valence-electron chi connectivity index (χ0n) is 31.2. The Balaban J connectivity index is 0.833. The molecule has 0 aliphatic carbocycles. The Kier molecular flexibility index (Phi) is 9.19. The summed E-state index contributed by atoms with van der Waals surface area (Å²) in [6.45, 7) is 1.59. The molecule has 0 radical (unpaired) electrons. The summed E-state index contributed by atoms with van der Waals surface area (Å²) in [4.78, 5) is 79.9. The Bertz CT molecular complexity index is 2530. The van der Waals surface area contributed by atoms with E-state index in [1.54, 1.807) is 22.9 Å². The molecular weight excluding hydrogens is 741 g/mol. The van der Waals surface area contributed by atoms with Gasteiger partial charge in [0.15, 0.2) is 0 Å². The molecule has 15 heteroatoms. The molecule has 4 aromatic carbocycles. The number of nitrogens with one attached hydrogen (secondary N) is 3. The molecule has 9 rings (SSSR count). The van der Waals surface area contributed by atoms with Gasteiger partial charge in [0.2, 0.25) is 17.7 Å². The Morgan fingerprint density at radius 1 is 0.776 bits per heavy atom. The van der Waals surface area contributed by atoms with E-state index in [1.165, 1.54) is 0 Å². The molecule has 1 unspecified atom stereocenters. The molecule has 58 heavy (non-hydrogen) atoms. The highest BCUT2D eigenvalue weighted by Gasteiger charge is 2.45. The summed E-state index contributed by atoms with van der Waals surface area (Å²) in [6.07, 6.45) is 1.88. The summed E-state index contributed by atoms with van der Waals surface area (Å²) in [7, 11) is 0. The van der Waals surface area contributed by atoms with Gasteiger partial charge in [-0.3, -0.25) is 39.0 Å². The van der Waals surface area contributed by atoms with Crippen LogP contribution in [-0.4, -0.2) is 69.3 Å². The molecule has 292 valence electrons. The first kappa shape index (κ1) is 36.4. The fourth-order valence-electron chi connectivity index (χ4n) is 8.15. The van der Waals surface area contributed by atoms with E-state index in [0.717, 1.165) is 27.4 Å². The summed E-state index contributed by atoms with van der Waals surface area (Å²) in [5.41, 5.74) is 11.0. The zero-order chi connectivity index (χ0) is 40.1. The smallest absolute Gasteiger partial charge is 0.262 e. The van der Waals surface area contributed by atoms with E-state index in [4.69, 9.17) is 15.6 Å². The van der Waals surface area contributed by atoms with Crippen LogP contribution >= 0.6 is 0 Å². The molecule has 15 nitrogen and oxygen atoms in total. The molecule has 1 atom stereocenters. The first-order valence-electron chi connectivity index (χ1n) is 19.2. The summed E-state index contributed by atoms with van der Waals surface area (Å²) in [5.74, 6) is -1.26. The average Bonchev–Trinajstić information content (AvgIpc) is 3.64. The van der Waals surface area contributed by atoms with Gasteiger partial charge in [0.1, 0.15) is 34.6 Å². The van der Waals surface area contributed by atoms with Gasteiger partial charge in [-0.25, -0.2) is 4.68 Å². The number of aromatic nitrogens is 2. The van der Waals surface area contributed by atoms with E-state index in [1.807, 2.05) is 72.8 Å². The van der Waals surface area contributed by atoms with Crippen LogP contribution in [0.4, 0.5) is 22.9 Å². The fraction of sp³-hybridized carbons (Fsp3) is 0.233. The van der Waals surface area contributed by atoms with Crippen molar-refractivity contribution in [1.29, 1.82) is 0 Å². The number of benzene rings is 4. The lowest BCUT2D eigenvalue weighted by molar-refractivity contribution is -0.136. The minimum atomic E-state index is -1.03. The number of hydrogen-bond donors (Lipinski definition) is 4. The molecule has 4 aliphatic rings. The van der Waals surface area contributed by atoms with Crippen LogP contribution in [0.5, 0.6) is 11.5 Å². The van der Waals surface area contributed by atoms with Crippen LogP contribution in [0.2, 0.25) is 0 Å². The van der Waals surface area contributed by atoms with Crippen LogP contribution in [0.25, 0.3) is 11.3 Å². The molecule has 5 N–H and O–H groups in total. The van der Waals surface area contributed by atoms with Crippen molar-refractivity contribution in [3.8, 4) is 22.8 Å². The second-order valence-electron chi connectivity index (χ2n) is 14.8. The third kappa shape index (κ3) is 6.69. The largest absolute Gasteiger partial charge is 0.457 e. The summed E-state index contributed by atoms with van der Waals surface area (Å²) in [5, 5.41) is 13.5. The molecule has 2 saturated heterocycles. The Morgan fingerprint density at radius 2 is 1.52 bits per heavy atom. The van der Waals surface area contributed by atoms with E-state index < -0.39 is 35.6 Å². The van der Waals surface area contributed by atoms with Crippen LogP contribution in [0.15, 0.2) is 91.0 Å². The van der Waals surface area contributed by atoms with Crippen molar-refractivity contribution in [3.05, 3.63) is 113 Å². The molecule has 5 heterocycles. The predicted octanol–water partition coefficient (Wildman–Crippen LogP) is 5.00. The summed E-state index contributed by atoms with van der Waals surface area (Å²) in [6, 6.07) is 26.4. The number of ether oxygens (including phenoxy) is 1. The third-order valence-corrected chi connectivity index (χ3v) is 11.2. The second kappa shape index (κ2) is 14.7. The maximum Gasteiger partial charge on any atom is 0.262 e. The number of nitrogens with zero attached hydrogens (tertiary/aromatic N) is 4. The monoisotopic (exact) mass is 778 g/mol. The van der Waals surface area contributed by atoms with E-state index in [0.29, 0.717) is 67.6 Å². The highest BCUT2D eigenvalue weighted by Crippen LogP contribution is 2.37. The van der Waals surface area contributed by atoms with E-state index in [-0.39, 0.29) is 41.4 Å². The standard InChI is InChI=1S/C43H38N8O7/c44-38(53)36-37(24-6-10-30(11-7-24)58-29-4-2-1-3-5-29)48-50-21-18-26-22-27(8-13-33(26)46-39(36)50)45-40(54)25-16-19-49(20-17-25)28-9-12-31-32(23-28)43(57)51(42(31)56)34-14-15-35(52)47-41(34)55/h1-13,22-23,25,34,46H,14-21H2,(H2,44,53)(H,45,54)(H,47,52,55). The van der Waals surface area contributed by atoms with Gasteiger partial charge in [-0.05, 0) is 104 Å². The van der Waals surface area contributed by atoms with Crippen LogP contribution in [0, 0.1) is 5.92 Å². The van der Waals surface area contributed by atoms with Gasteiger partial charge in [-0.2, -0.15) is 5.10 Å². The van der Waals surface area contributed by atoms with Crippen LogP contribution < -0.4 is 31.3 Å². The molecule has 6 amide bonds. The van der Waals surface area contributed by atoms with Gasteiger partial charge in [0, 0.05) is 54.6 Å². The highest BCUT2D eigenvalue weighted by atomic mass is 16.5. The van der Waals surface area contributed by atoms with Gasteiger partial charge in [-0.15, -0.1) is 0 Å². The first-order valence-corrected chi connectivity index (χ1v) is 19.2. The SMILES string of the molecule is NC(=O)c1c(-c2ccc(Oc3ccccc3)cc2)nn2c1Nc1ccc(NC(=O)C3CCN(c4ccc5c(c4)C(=O)N(C4CCC(=O)NC4=O)C5=O)CC3)cc1CC2. The van der Waals surface area contributed by atoms with Crippen molar-refractivity contribution >= 4 is 58.3 Å². The number of amides is 6. The van der Waals surface area contributed by atoms with Crippen molar-refractivity contribution in [1.82, 2.24) is 20.0 Å².